The molecule has 0 aromatic heterocycles. The molecule has 2 rings (SSSR count). The minimum atomic E-state index is -0.215. The number of halogens is 1. The summed E-state index contributed by atoms with van der Waals surface area (Å²) >= 11 is 3.45. The summed E-state index contributed by atoms with van der Waals surface area (Å²) in [6, 6.07) is 9.05. The van der Waals surface area contributed by atoms with Crippen molar-refractivity contribution in [1.82, 2.24) is 0 Å². The Bertz CT molecular complexity index is 690. The van der Waals surface area contributed by atoms with Gasteiger partial charge >= 0.3 is 0 Å². The summed E-state index contributed by atoms with van der Waals surface area (Å²) in [5.41, 5.74) is 3.26. The first-order valence-corrected chi connectivity index (χ1v) is 7.55. The maximum atomic E-state index is 12.5. The number of amides is 1. The highest BCUT2D eigenvalue weighted by atomic mass is 79.9. The molecule has 22 heavy (non-hydrogen) atoms. The van der Waals surface area contributed by atoms with E-state index in [1.807, 2.05) is 26.0 Å². The first-order chi connectivity index (χ1) is 10.5. The van der Waals surface area contributed by atoms with Crippen LogP contribution in [0.5, 0.6) is 11.5 Å². The van der Waals surface area contributed by atoms with E-state index in [0.717, 1.165) is 21.3 Å². The summed E-state index contributed by atoms with van der Waals surface area (Å²) < 4.78 is 11.4. The Balaban J connectivity index is 2.34. The normalized spacial score (nSPS) is 10.2. The van der Waals surface area contributed by atoms with E-state index in [1.54, 1.807) is 25.3 Å². The topological polar surface area (TPSA) is 47.6 Å². The van der Waals surface area contributed by atoms with Crippen LogP contribution in [0, 0.1) is 13.8 Å². The van der Waals surface area contributed by atoms with Crippen molar-refractivity contribution >= 4 is 27.5 Å². The van der Waals surface area contributed by atoms with Crippen molar-refractivity contribution in [2.75, 3.05) is 19.5 Å². The van der Waals surface area contributed by atoms with Crippen molar-refractivity contribution in [3.8, 4) is 11.5 Å². The molecule has 4 nitrogen and oxygen atoms in total. The quantitative estimate of drug-likeness (QED) is 0.878. The van der Waals surface area contributed by atoms with E-state index in [2.05, 4.69) is 21.2 Å². The molecule has 0 heterocycles. The predicted molar refractivity (Wildman–Crippen MR) is 91.1 cm³/mol. The van der Waals surface area contributed by atoms with Gasteiger partial charge in [0.1, 0.15) is 11.5 Å². The van der Waals surface area contributed by atoms with E-state index in [4.69, 9.17) is 9.47 Å². The molecule has 2 aromatic carbocycles. The van der Waals surface area contributed by atoms with Crippen LogP contribution in [-0.2, 0) is 0 Å². The SMILES string of the molecule is COc1ccc(C(=O)Nc2c(C)cc(Br)cc2C)c(OC)c1. The van der Waals surface area contributed by atoms with Gasteiger partial charge in [-0.25, -0.2) is 0 Å². The Hall–Kier alpha value is -2.01. The molecule has 0 radical (unpaired) electrons. The molecule has 0 fully saturated rings. The van der Waals surface area contributed by atoms with Crippen LogP contribution in [0.4, 0.5) is 5.69 Å². The Morgan fingerprint density at radius 3 is 2.23 bits per heavy atom. The fraction of sp³-hybridized carbons (Fsp3) is 0.235. The summed E-state index contributed by atoms with van der Waals surface area (Å²) in [6.07, 6.45) is 0. The Kier molecular flexibility index (Phi) is 5.08. The molecule has 0 aliphatic rings. The van der Waals surface area contributed by atoms with Gasteiger partial charge in [0.05, 0.1) is 19.8 Å². The van der Waals surface area contributed by atoms with Crippen molar-refractivity contribution in [2.24, 2.45) is 0 Å². The first kappa shape index (κ1) is 16.4. The number of benzene rings is 2. The van der Waals surface area contributed by atoms with Crippen LogP contribution in [-0.4, -0.2) is 20.1 Å². The number of ether oxygens (including phenoxy) is 2. The van der Waals surface area contributed by atoms with E-state index in [-0.39, 0.29) is 5.91 Å². The molecular weight excluding hydrogens is 346 g/mol. The van der Waals surface area contributed by atoms with Gasteiger partial charge in [0.2, 0.25) is 0 Å². The number of rotatable bonds is 4. The molecule has 2 aromatic rings. The molecule has 0 saturated carbocycles. The number of hydrogen-bond acceptors (Lipinski definition) is 3. The monoisotopic (exact) mass is 363 g/mol. The van der Waals surface area contributed by atoms with Gasteiger partial charge in [-0.15, -0.1) is 0 Å². The number of carbonyl (C=O) groups excluding carboxylic acids is 1. The second-order valence-corrected chi connectivity index (χ2v) is 5.85. The van der Waals surface area contributed by atoms with Crippen LogP contribution in [0.15, 0.2) is 34.8 Å². The maximum Gasteiger partial charge on any atom is 0.259 e. The molecule has 0 unspecified atom stereocenters. The van der Waals surface area contributed by atoms with Gasteiger partial charge in [0, 0.05) is 16.2 Å². The van der Waals surface area contributed by atoms with Gasteiger partial charge in [-0.3, -0.25) is 4.79 Å². The van der Waals surface area contributed by atoms with Crippen molar-refractivity contribution in [2.45, 2.75) is 13.8 Å². The number of hydrogen-bond donors (Lipinski definition) is 1. The second kappa shape index (κ2) is 6.83. The molecule has 0 atom stereocenters. The molecule has 1 amide bonds. The van der Waals surface area contributed by atoms with Gasteiger partial charge in [0.15, 0.2) is 0 Å². The van der Waals surface area contributed by atoms with E-state index < -0.39 is 0 Å². The molecule has 0 aliphatic heterocycles. The largest absolute Gasteiger partial charge is 0.497 e. The summed E-state index contributed by atoms with van der Waals surface area (Å²) in [6.45, 7) is 3.91. The molecule has 1 N–H and O–H groups in total. The van der Waals surface area contributed by atoms with Crippen molar-refractivity contribution < 1.29 is 14.3 Å². The third-order valence-electron chi connectivity index (χ3n) is 3.39. The van der Waals surface area contributed by atoms with Gasteiger partial charge in [0.25, 0.3) is 5.91 Å². The number of anilines is 1. The van der Waals surface area contributed by atoms with E-state index >= 15 is 0 Å². The Labute approximate surface area is 138 Å². The third-order valence-corrected chi connectivity index (χ3v) is 3.85. The van der Waals surface area contributed by atoms with Crippen LogP contribution >= 0.6 is 15.9 Å². The number of carbonyl (C=O) groups is 1. The van der Waals surface area contributed by atoms with Crippen LogP contribution in [0.25, 0.3) is 0 Å². The van der Waals surface area contributed by atoms with Crippen molar-refractivity contribution in [3.05, 3.63) is 51.5 Å². The molecule has 0 saturated heterocycles. The molecule has 116 valence electrons. The lowest BCUT2D eigenvalue weighted by atomic mass is 10.1. The standard InChI is InChI=1S/C17H18BrNO3/c1-10-7-12(18)8-11(2)16(10)19-17(20)14-6-5-13(21-3)9-15(14)22-4/h5-9H,1-4H3,(H,19,20). The number of nitrogens with one attached hydrogen (secondary N) is 1. The first-order valence-electron chi connectivity index (χ1n) is 6.76. The smallest absolute Gasteiger partial charge is 0.259 e. The summed E-state index contributed by atoms with van der Waals surface area (Å²) in [7, 11) is 3.10. The Morgan fingerprint density at radius 2 is 1.68 bits per heavy atom. The fourth-order valence-electron chi connectivity index (χ4n) is 2.27. The van der Waals surface area contributed by atoms with Gasteiger partial charge < -0.3 is 14.8 Å². The summed E-state index contributed by atoms with van der Waals surface area (Å²) in [5.74, 6) is 0.904. The number of methoxy groups -OCH3 is 2. The Morgan fingerprint density at radius 1 is 1.05 bits per heavy atom. The summed E-state index contributed by atoms with van der Waals surface area (Å²) in [4.78, 5) is 12.5. The average Bonchev–Trinajstić information content (AvgIpc) is 2.49. The molecule has 0 spiro atoms. The zero-order valence-corrected chi connectivity index (χ0v) is 14.6. The van der Waals surface area contributed by atoms with Gasteiger partial charge in [-0.2, -0.15) is 0 Å². The lowest BCUT2D eigenvalue weighted by molar-refractivity contribution is 0.102. The van der Waals surface area contributed by atoms with Crippen molar-refractivity contribution in [3.63, 3.8) is 0 Å². The van der Waals surface area contributed by atoms with E-state index in [0.29, 0.717) is 17.1 Å². The van der Waals surface area contributed by atoms with Crippen molar-refractivity contribution in [1.29, 1.82) is 0 Å². The predicted octanol–water partition coefficient (Wildman–Crippen LogP) is 4.34. The van der Waals surface area contributed by atoms with Gasteiger partial charge in [-0.1, -0.05) is 15.9 Å². The van der Waals surface area contributed by atoms with E-state index in [9.17, 15) is 4.79 Å². The van der Waals surface area contributed by atoms with Crippen LogP contribution in [0.2, 0.25) is 0 Å². The van der Waals surface area contributed by atoms with E-state index in [1.165, 1.54) is 7.11 Å². The summed E-state index contributed by atoms with van der Waals surface area (Å²) in [5, 5.41) is 2.95. The second-order valence-electron chi connectivity index (χ2n) is 4.93. The maximum absolute atomic E-state index is 12.5. The third kappa shape index (κ3) is 3.42. The molecule has 5 heteroatoms. The molecular formula is C17H18BrNO3. The zero-order valence-electron chi connectivity index (χ0n) is 13.0. The zero-order chi connectivity index (χ0) is 16.3. The highest BCUT2D eigenvalue weighted by Gasteiger charge is 2.15. The lowest BCUT2D eigenvalue weighted by Crippen LogP contribution is -2.15. The van der Waals surface area contributed by atoms with Crippen LogP contribution < -0.4 is 14.8 Å². The van der Waals surface area contributed by atoms with Gasteiger partial charge in [-0.05, 0) is 49.2 Å². The fourth-order valence-corrected chi connectivity index (χ4v) is 2.96. The number of aryl methyl sites for hydroxylation is 2. The lowest BCUT2D eigenvalue weighted by Gasteiger charge is -2.14. The minimum absolute atomic E-state index is 0.215. The average molecular weight is 364 g/mol. The molecule has 0 aliphatic carbocycles. The van der Waals surface area contributed by atoms with Crippen LogP contribution in [0.3, 0.4) is 0 Å². The highest BCUT2D eigenvalue weighted by Crippen LogP contribution is 2.28. The molecule has 0 bridgehead atoms. The highest BCUT2D eigenvalue weighted by molar-refractivity contribution is 9.10. The van der Waals surface area contributed by atoms with Crippen LogP contribution in [0.1, 0.15) is 21.5 Å². The minimum Gasteiger partial charge on any atom is -0.497 e.